The molecule has 0 amide bonds. The minimum Gasteiger partial charge on any atom is -0.496 e. The Labute approximate surface area is 102 Å². The van der Waals surface area contributed by atoms with Gasteiger partial charge in [0.05, 0.1) is 7.11 Å². The second-order valence-electron chi connectivity index (χ2n) is 5.05. The van der Waals surface area contributed by atoms with Crippen LogP contribution in [0.5, 0.6) is 5.75 Å². The number of halogens is 1. The molecule has 3 heteroatoms. The zero-order valence-corrected chi connectivity index (χ0v) is 10.8. The molecule has 1 aromatic rings. The van der Waals surface area contributed by atoms with Crippen LogP contribution in [0.2, 0.25) is 5.02 Å². The molecule has 88 valence electrons. The van der Waals surface area contributed by atoms with Crippen molar-refractivity contribution in [1.82, 2.24) is 5.32 Å². The van der Waals surface area contributed by atoms with Gasteiger partial charge in [0.25, 0.3) is 0 Å². The van der Waals surface area contributed by atoms with E-state index < -0.39 is 0 Å². The summed E-state index contributed by atoms with van der Waals surface area (Å²) in [6, 6.07) is 6.36. The fourth-order valence-electron chi connectivity index (χ4n) is 1.94. The van der Waals surface area contributed by atoms with Crippen molar-refractivity contribution >= 4 is 11.6 Å². The highest BCUT2D eigenvalue weighted by Gasteiger charge is 2.45. The summed E-state index contributed by atoms with van der Waals surface area (Å²) in [5.74, 6) is 0.860. The van der Waals surface area contributed by atoms with E-state index in [1.54, 1.807) is 7.11 Å². The second-order valence-corrected chi connectivity index (χ2v) is 5.45. The molecule has 0 saturated heterocycles. The summed E-state index contributed by atoms with van der Waals surface area (Å²) in [7, 11) is 1.68. The molecule has 1 aliphatic carbocycles. The number of nitrogens with one attached hydrogen (secondary N) is 1. The molecule has 1 N–H and O–H groups in total. The molecule has 0 aromatic heterocycles. The zero-order chi connectivity index (χ0) is 11.8. The van der Waals surface area contributed by atoms with Crippen molar-refractivity contribution in [2.75, 3.05) is 7.11 Å². The van der Waals surface area contributed by atoms with Gasteiger partial charge in [0, 0.05) is 23.2 Å². The van der Waals surface area contributed by atoms with E-state index in [2.05, 4.69) is 19.2 Å². The molecular weight excluding hydrogens is 222 g/mol. The van der Waals surface area contributed by atoms with Gasteiger partial charge in [0.15, 0.2) is 0 Å². The first-order valence-electron chi connectivity index (χ1n) is 5.59. The van der Waals surface area contributed by atoms with Gasteiger partial charge in [0.2, 0.25) is 0 Å². The second kappa shape index (κ2) is 4.27. The van der Waals surface area contributed by atoms with Crippen LogP contribution in [0.15, 0.2) is 18.2 Å². The molecule has 0 bridgehead atoms. The maximum atomic E-state index is 6.16. The summed E-state index contributed by atoms with van der Waals surface area (Å²) in [5, 5.41) is 4.28. The predicted octanol–water partition coefficient (Wildman–Crippen LogP) is 3.24. The smallest absolute Gasteiger partial charge is 0.124 e. The highest BCUT2D eigenvalue weighted by molar-refractivity contribution is 6.31. The summed E-state index contributed by atoms with van der Waals surface area (Å²) in [4.78, 5) is 0. The number of ether oxygens (including phenoxy) is 1. The maximum Gasteiger partial charge on any atom is 0.124 e. The van der Waals surface area contributed by atoms with E-state index in [1.807, 2.05) is 18.2 Å². The van der Waals surface area contributed by atoms with Gasteiger partial charge in [-0.15, -0.1) is 0 Å². The van der Waals surface area contributed by atoms with Gasteiger partial charge >= 0.3 is 0 Å². The number of rotatable bonds is 4. The molecule has 1 unspecified atom stereocenters. The molecule has 1 aliphatic rings. The van der Waals surface area contributed by atoms with Crippen LogP contribution in [0.4, 0.5) is 0 Å². The van der Waals surface area contributed by atoms with Gasteiger partial charge in [-0.1, -0.05) is 31.5 Å². The van der Waals surface area contributed by atoms with Crippen molar-refractivity contribution in [3.8, 4) is 5.75 Å². The Balaban J connectivity index is 2.03. The molecular formula is C13H18ClNO. The van der Waals surface area contributed by atoms with Gasteiger partial charge in [-0.3, -0.25) is 0 Å². The Kier molecular flexibility index (Phi) is 3.13. The summed E-state index contributed by atoms with van der Waals surface area (Å²) >= 11 is 6.16. The van der Waals surface area contributed by atoms with E-state index in [0.29, 0.717) is 11.5 Å². The average Bonchev–Trinajstić information content (AvgIpc) is 2.84. The molecule has 1 atom stereocenters. The molecule has 2 rings (SSSR count). The summed E-state index contributed by atoms with van der Waals surface area (Å²) in [6.45, 7) is 5.32. The minimum atomic E-state index is 0.439. The quantitative estimate of drug-likeness (QED) is 0.871. The molecule has 0 heterocycles. The van der Waals surface area contributed by atoms with Crippen LogP contribution in [-0.2, 0) is 6.54 Å². The zero-order valence-electron chi connectivity index (χ0n) is 10.0. The van der Waals surface area contributed by atoms with Crippen LogP contribution >= 0.6 is 11.6 Å². The highest BCUT2D eigenvalue weighted by atomic mass is 35.5. The Morgan fingerprint density at radius 1 is 1.50 bits per heavy atom. The molecule has 1 fully saturated rings. The average molecular weight is 240 g/mol. The third-order valence-electron chi connectivity index (χ3n) is 3.33. The summed E-state index contributed by atoms with van der Waals surface area (Å²) < 4.78 is 5.31. The summed E-state index contributed by atoms with van der Waals surface area (Å²) in [6.07, 6.45) is 1.24. The van der Waals surface area contributed by atoms with Crippen molar-refractivity contribution in [1.29, 1.82) is 0 Å². The number of benzene rings is 1. The first-order valence-corrected chi connectivity index (χ1v) is 5.97. The van der Waals surface area contributed by atoms with E-state index in [-0.39, 0.29) is 0 Å². The Hall–Kier alpha value is -0.730. The van der Waals surface area contributed by atoms with Crippen molar-refractivity contribution in [3.63, 3.8) is 0 Å². The van der Waals surface area contributed by atoms with Gasteiger partial charge in [-0.05, 0) is 24.0 Å². The first-order chi connectivity index (χ1) is 7.54. The molecule has 0 radical (unpaired) electrons. The third-order valence-corrected chi connectivity index (χ3v) is 3.69. The van der Waals surface area contributed by atoms with Gasteiger partial charge in [-0.2, -0.15) is 0 Å². The summed E-state index contributed by atoms with van der Waals surface area (Å²) in [5.41, 5.74) is 1.49. The van der Waals surface area contributed by atoms with Gasteiger partial charge in [0.1, 0.15) is 5.75 Å². The number of methoxy groups -OCH3 is 1. The minimum absolute atomic E-state index is 0.439. The fraction of sp³-hybridized carbons (Fsp3) is 0.538. The predicted molar refractivity (Wildman–Crippen MR) is 67.0 cm³/mol. The van der Waals surface area contributed by atoms with Crippen LogP contribution in [0.25, 0.3) is 0 Å². The first kappa shape index (κ1) is 11.7. The Morgan fingerprint density at radius 3 is 2.75 bits per heavy atom. The van der Waals surface area contributed by atoms with E-state index in [9.17, 15) is 0 Å². The lowest BCUT2D eigenvalue weighted by Gasteiger charge is -2.12. The number of hydrogen-bond acceptors (Lipinski definition) is 2. The molecule has 16 heavy (non-hydrogen) atoms. The molecule has 0 aliphatic heterocycles. The topological polar surface area (TPSA) is 21.3 Å². The van der Waals surface area contributed by atoms with Gasteiger partial charge in [-0.25, -0.2) is 0 Å². The lowest BCUT2D eigenvalue weighted by Crippen LogP contribution is -2.20. The lowest BCUT2D eigenvalue weighted by molar-refractivity contribution is 0.406. The van der Waals surface area contributed by atoms with Crippen LogP contribution in [0.1, 0.15) is 25.8 Å². The van der Waals surface area contributed by atoms with E-state index in [4.69, 9.17) is 16.3 Å². The van der Waals surface area contributed by atoms with Gasteiger partial charge < -0.3 is 10.1 Å². The van der Waals surface area contributed by atoms with Crippen LogP contribution in [0, 0.1) is 5.41 Å². The normalized spacial score (nSPS) is 21.9. The highest BCUT2D eigenvalue weighted by Crippen LogP contribution is 2.45. The van der Waals surface area contributed by atoms with E-state index in [0.717, 1.165) is 22.9 Å². The van der Waals surface area contributed by atoms with Crippen molar-refractivity contribution in [3.05, 3.63) is 28.8 Å². The van der Waals surface area contributed by atoms with Crippen molar-refractivity contribution in [2.24, 2.45) is 5.41 Å². The molecule has 1 saturated carbocycles. The third kappa shape index (κ3) is 2.33. The van der Waals surface area contributed by atoms with E-state index in [1.165, 1.54) is 6.42 Å². The molecule has 0 spiro atoms. The Morgan fingerprint density at radius 2 is 2.19 bits per heavy atom. The monoisotopic (exact) mass is 239 g/mol. The fourth-order valence-corrected chi connectivity index (χ4v) is 2.18. The van der Waals surface area contributed by atoms with Crippen molar-refractivity contribution < 1.29 is 4.74 Å². The van der Waals surface area contributed by atoms with Crippen LogP contribution < -0.4 is 10.1 Å². The van der Waals surface area contributed by atoms with Crippen molar-refractivity contribution in [2.45, 2.75) is 32.9 Å². The standard InChI is InChI=1S/C13H18ClNO/c1-13(2)7-12(13)15-8-9-10(14)5-4-6-11(9)16-3/h4-6,12,15H,7-8H2,1-3H3. The Bertz CT molecular complexity index is 390. The van der Waals surface area contributed by atoms with Crippen LogP contribution in [-0.4, -0.2) is 13.2 Å². The maximum absolute atomic E-state index is 6.16. The molecule has 2 nitrogen and oxygen atoms in total. The SMILES string of the molecule is COc1cccc(Cl)c1CNC1CC1(C)C. The largest absolute Gasteiger partial charge is 0.496 e. The lowest BCUT2D eigenvalue weighted by atomic mass is 10.1. The van der Waals surface area contributed by atoms with Crippen LogP contribution in [0.3, 0.4) is 0 Å². The van der Waals surface area contributed by atoms with E-state index >= 15 is 0 Å². The molecule has 1 aromatic carbocycles. The number of hydrogen-bond donors (Lipinski definition) is 1.